The highest BCUT2D eigenvalue weighted by Crippen LogP contribution is 2.28. The van der Waals surface area contributed by atoms with E-state index in [9.17, 15) is 18.8 Å². The standard InChI is InChI=1S/C24H20FN3O5/c1-32-21-13-16(7-12-20(21)33-24(31)18-5-3-2-4-6-18)14-27-28-22(29)15-26-23(30)17-8-10-19(25)11-9-17/h2-14H,15H2,1H3,(H,26,30)(H,28,29)/b27-14-. The molecule has 0 aliphatic carbocycles. The van der Waals surface area contributed by atoms with E-state index in [4.69, 9.17) is 9.47 Å². The number of hydrogen-bond acceptors (Lipinski definition) is 6. The number of halogens is 1. The Balaban J connectivity index is 1.53. The maximum atomic E-state index is 12.9. The first kappa shape index (κ1) is 23.1. The predicted molar refractivity (Wildman–Crippen MR) is 119 cm³/mol. The summed E-state index contributed by atoms with van der Waals surface area (Å²) in [6, 6.07) is 18.2. The molecule has 0 fully saturated rings. The molecule has 33 heavy (non-hydrogen) atoms. The van der Waals surface area contributed by atoms with Crippen LogP contribution in [0.3, 0.4) is 0 Å². The quantitative estimate of drug-likeness (QED) is 0.238. The molecule has 3 rings (SSSR count). The van der Waals surface area contributed by atoms with Crippen LogP contribution in [0.2, 0.25) is 0 Å². The Hall–Kier alpha value is -4.53. The van der Waals surface area contributed by atoms with E-state index in [-0.39, 0.29) is 17.9 Å². The van der Waals surface area contributed by atoms with Gasteiger partial charge in [-0.15, -0.1) is 0 Å². The van der Waals surface area contributed by atoms with Gasteiger partial charge in [0.05, 0.1) is 25.4 Å². The Morgan fingerprint density at radius 1 is 0.939 bits per heavy atom. The number of benzene rings is 3. The van der Waals surface area contributed by atoms with Gasteiger partial charge < -0.3 is 14.8 Å². The molecule has 0 aliphatic rings. The normalized spacial score (nSPS) is 10.5. The average Bonchev–Trinajstić information content (AvgIpc) is 2.84. The van der Waals surface area contributed by atoms with Gasteiger partial charge in [-0.1, -0.05) is 18.2 Å². The second-order valence-corrected chi connectivity index (χ2v) is 6.65. The van der Waals surface area contributed by atoms with E-state index < -0.39 is 23.6 Å². The van der Waals surface area contributed by atoms with Gasteiger partial charge in [-0.2, -0.15) is 5.10 Å². The lowest BCUT2D eigenvalue weighted by Gasteiger charge is -2.10. The van der Waals surface area contributed by atoms with Gasteiger partial charge >= 0.3 is 5.97 Å². The molecule has 0 saturated heterocycles. The molecule has 0 spiro atoms. The van der Waals surface area contributed by atoms with Crippen LogP contribution in [-0.2, 0) is 4.79 Å². The number of methoxy groups -OCH3 is 1. The number of hydrogen-bond donors (Lipinski definition) is 2. The molecule has 2 N–H and O–H groups in total. The maximum absolute atomic E-state index is 12.9. The Labute approximate surface area is 189 Å². The van der Waals surface area contributed by atoms with Crippen molar-refractivity contribution in [3.05, 3.63) is 95.3 Å². The number of nitrogens with one attached hydrogen (secondary N) is 2. The molecule has 168 valence electrons. The van der Waals surface area contributed by atoms with E-state index in [2.05, 4.69) is 15.8 Å². The van der Waals surface area contributed by atoms with E-state index in [0.717, 1.165) is 12.1 Å². The molecular formula is C24H20FN3O5. The highest BCUT2D eigenvalue weighted by atomic mass is 19.1. The first-order chi connectivity index (χ1) is 16.0. The Kier molecular flexibility index (Phi) is 7.85. The summed E-state index contributed by atoms with van der Waals surface area (Å²) in [5.41, 5.74) is 3.49. The van der Waals surface area contributed by atoms with Gasteiger partial charge in [0.2, 0.25) is 0 Å². The zero-order valence-corrected chi connectivity index (χ0v) is 17.6. The fourth-order valence-corrected chi connectivity index (χ4v) is 2.66. The van der Waals surface area contributed by atoms with Gasteiger partial charge in [-0.05, 0) is 60.2 Å². The molecule has 0 saturated carbocycles. The molecule has 3 aromatic rings. The van der Waals surface area contributed by atoms with E-state index >= 15 is 0 Å². The Morgan fingerprint density at radius 2 is 1.67 bits per heavy atom. The number of amides is 2. The lowest BCUT2D eigenvalue weighted by Crippen LogP contribution is -2.34. The minimum Gasteiger partial charge on any atom is -0.493 e. The summed E-state index contributed by atoms with van der Waals surface area (Å²) in [5.74, 6) is -1.51. The third kappa shape index (κ3) is 6.73. The van der Waals surface area contributed by atoms with Crippen LogP contribution >= 0.6 is 0 Å². The van der Waals surface area contributed by atoms with E-state index in [1.807, 2.05) is 0 Å². The number of nitrogens with zero attached hydrogens (tertiary/aromatic N) is 1. The minimum absolute atomic E-state index is 0.229. The van der Waals surface area contributed by atoms with Gasteiger partial charge in [0, 0.05) is 5.56 Å². The van der Waals surface area contributed by atoms with Crippen molar-refractivity contribution in [2.45, 2.75) is 0 Å². The molecule has 0 heterocycles. The highest BCUT2D eigenvalue weighted by molar-refractivity contribution is 5.96. The van der Waals surface area contributed by atoms with Crippen molar-refractivity contribution in [3.63, 3.8) is 0 Å². The molecule has 8 nitrogen and oxygen atoms in total. The van der Waals surface area contributed by atoms with Crippen molar-refractivity contribution in [1.82, 2.24) is 10.7 Å². The Bertz CT molecular complexity index is 1160. The monoisotopic (exact) mass is 449 g/mol. The summed E-state index contributed by atoms with van der Waals surface area (Å²) in [6.07, 6.45) is 1.37. The summed E-state index contributed by atoms with van der Waals surface area (Å²) in [5, 5.41) is 6.24. The van der Waals surface area contributed by atoms with E-state index in [1.165, 1.54) is 25.5 Å². The third-order valence-corrected chi connectivity index (χ3v) is 4.32. The van der Waals surface area contributed by atoms with Gasteiger partial charge in [0.25, 0.3) is 11.8 Å². The van der Waals surface area contributed by atoms with Crippen LogP contribution in [0, 0.1) is 5.82 Å². The van der Waals surface area contributed by atoms with Gasteiger partial charge in [0.1, 0.15) is 5.82 Å². The lowest BCUT2D eigenvalue weighted by atomic mass is 10.2. The first-order valence-electron chi connectivity index (χ1n) is 9.77. The maximum Gasteiger partial charge on any atom is 0.343 e. The SMILES string of the molecule is COc1cc(/C=N\NC(=O)CNC(=O)c2ccc(F)cc2)ccc1OC(=O)c1ccccc1. The van der Waals surface area contributed by atoms with Crippen LogP contribution in [0.15, 0.2) is 77.9 Å². The summed E-state index contributed by atoms with van der Waals surface area (Å²) < 4.78 is 23.5. The summed E-state index contributed by atoms with van der Waals surface area (Å²) in [6.45, 7) is -0.314. The molecule has 0 atom stereocenters. The highest BCUT2D eigenvalue weighted by Gasteiger charge is 2.12. The molecule has 0 aliphatic heterocycles. The summed E-state index contributed by atoms with van der Waals surface area (Å²) in [4.78, 5) is 36.0. The zero-order chi connectivity index (χ0) is 23.6. The van der Waals surface area contributed by atoms with Crippen molar-refractivity contribution < 1.29 is 28.2 Å². The second kappa shape index (κ2) is 11.2. The van der Waals surface area contributed by atoms with Crippen LogP contribution in [-0.4, -0.2) is 37.7 Å². The van der Waals surface area contributed by atoms with Crippen molar-refractivity contribution in [1.29, 1.82) is 0 Å². The van der Waals surface area contributed by atoms with E-state index in [0.29, 0.717) is 16.9 Å². The minimum atomic E-state index is -0.554. The smallest absolute Gasteiger partial charge is 0.343 e. The fourth-order valence-electron chi connectivity index (χ4n) is 2.66. The molecule has 3 aromatic carbocycles. The topological polar surface area (TPSA) is 106 Å². The van der Waals surface area contributed by atoms with Gasteiger partial charge in [0.15, 0.2) is 11.5 Å². The van der Waals surface area contributed by atoms with Gasteiger partial charge in [-0.3, -0.25) is 9.59 Å². The number of ether oxygens (including phenoxy) is 2. The molecule has 9 heteroatoms. The third-order valence-electron chi connectivity index (χ3n) is 4.32. The van der Waals surface area contributed by atoms with Crippen molar-refractivity contribution >= 4 is 24.0 Å². The molecule has 2 amide bonds. The predicted octanol–water partition coefficient (Wildman–Crippen LogP) is 2.93. The lowest BCUT2D eigenvalue weighted by molar-refractivity contribution is -0.120. The van der Waals surface area contributed by atoms with Crippen LogP contribution in [0.25, 0.3) is 0 Å². The molecule has 0 bridgehead atoms. The Morgan fingerprint density at radius 3 is 2.36 bits per heavy atom. The summed E-state index contributed by atoms with van der Waals surface area (Å²) >= 11 is 0. The van der Waals surface area contributed by atoms with Crippen molar-refractivity contribution in [2.75, 3.05) is 13.7 Å². The average molecular weight is 449 g/mol. The number of hydrazone groups is 1. The van der Waals surface area contributed by atoms with Crippen LogP contribution in [0.5, 0.6) is 11.5 Å². The van der Waals surface area contributed by atoms with Crippen LogP contribution in [0.1, 0.15) is 26.3 Å². The summed E-state index contributed by atoms with van der Waals surface area (Å²) in [7, 11) is 1.43. The van der Waals surface area contributed by atoms with Crippen LogP contribution < -0.4 is 20.2 Å². The molecule has 0 unspecified atom stereocenters. The number of esters is 1. The second-order valence-electron chi connectivity index (χ2n) is 6.65. The fraction of sp³-hybridized carbons (Fsp3) is 0.0833. The molecular weight excluding hydrogens is 429 g/mol. The molecule has 0 radical (unpaired) electrons. The van der Waals surface area contributed by atoms with Crippen molar-refractivity contribution in [3.8, 4) is 11.5 Å². The number of rotatable bonds is 8. The first-order valence-corrected chi connectivity index (χ1v) is 9.77. The van der Waals surface area contributed by atoms with Crippen LogP contribution in [0.4, 0.5) is 4.39 Å². The largest absolute Gasteiger partial charge is 0.493 e. The van der Waals surface area contributed by atoms with Gasteiger partial charge in [-0.25, -0.2) is 14.6 Å². The number of carbonyl (C=O) groups excluding carboxylic acids is 3. The molecule has 0 aromatic heterocycles. The zero-order valence-electron chi connectivity index (χ0n) is 17.6. The number of carbonyl (C=O) groups is 3. The van der Waals surface area contributed by atoms with E-state index in [1.54, 1.807) is 48.5 Å². The van der Waals surface area contributed by atoms with Crippen molar-refractivity contribution in [2.24, 2.45) is 5.10 Å².